The molecule has 0 saturated heterocycles. The lowest BCUT2D eigenvalue weighted by atomic mass is 10.2. The average molecular weight is 446 g/mol. The molecule has 2 heterocycles. The van der Waals surface area contributed by atoms with Gasteiger partial charge in [0.25, 0.3) is 9.84 Å². The summed E-state index contributed by atoms with van der Waals surface area (Å²) in [7, 11) is -5.45. The van der Waals surface area contributed by atoms with Crippen LogP contribution in [0.25, 0.3) is 22.8 Å². The normalized spacial score (nSPS) is 12.1. The minimum Gasteiger partial charge on any atom is -0.287 e. The van der Waals surface area contributed by atoms with Crippen molar-refractivity contribution in [2.75, 3.05) is 0 Å². The smallest absolute Gasteiger partial charge is 0.287 e. The third-order valence-corrected chi connectivity index (χ3v) is 5.91. The molecule has 0 spiro atoms. The first kappa shape index (κ1) is 20.5. The molecule has 0 radical (unpaired) electrons. The molecule has 4 aromatic rings. The predicted octanol–water partition coefficient (Wildman–Crippen LogP) is 3.38. The summed E-state index contributed by atoms with van der Waals surface area (Å²) in [5, 5.41) is 8.51. The number of hydrogen-bond acceptors (Lipinski definition) is 5. The number of nitrogens with zero attached hydrogens (tertiary/aromatic N) is 4. The zero-order chi connectivity index (χ0) is 22.2. The molecule has 0 aliphatic rings. The van der Waals surface area contributed by atoms with Crippen molar-refractivity contribution in [3.05, 3.63) is 89.3 Å². The molecule has 7 nitrogen and oxygen atoms in total. The van der Waals surface area contributed by atoms with Crippen molar-refractivity contribution in [1.82, 2.24) is 19.6 Å². The summed E-state index contributed by atoms with van der Waals surface area (Å²) in [6.07, 6.45) is 2.85. The quantitative estimate of drug-likeness (QED) is 0.480. The van der Waals surface area contributed by atoms with Gasteiger partial charge in [0, 0.05) is 12.3 Å². The molecule has 0 N–H and O–H groups in total. The molecule has 0 bridgehead atoms. The Kier molecular flexibility index (Phi) is 4.97. The van der Waals surface area contributed by atoms with Crippen molar-refractivity contribution >= 4 is 9.84 Å². The first-order valence-electron chi connectivity index (χ1n) is 8.80. The van der Waals surface area contributed by atoms with Gasteiger partial charge in [-0.05, 0) is 42.5 Å². The van der Waals surface area contributed by atoms with E-state index in [1.54, 1.807) is 18.2 Å². The lowest BCUT2D eigenvalue weighted by molar-refractivity contribution is -0.0436. The van der Waals surface area contributed by atoms with E-state index in [0.717, 1.165) is 12.1 Å². The van der Waals surface area contributed by atoms with Crippen LogP contribution in [-0.2, 0) is 9.84 Å². The van der Waals surface area contributed by atoms with Gasteiger partial charge in [-0.3, -0.25) is 4.79 Å². The van der Waals surface area contributed by atoms with Gasteiger partial charge in [0.15, 0.2) is 5.69 Å². The van der Waals surface area contributed by atoms with E-state index in [-0.39, 0.29) is 16.8 Å². The number of para-hydroxylation sites is 1. The van der Waals surface area contributed by atoms with E-state index in [9.17, 15) is 26.4 Å². The molecule has 0 aliphatic carbocycles. The largest absolute Gasteiger partial charge is 0.501 e. The highest BCUT2D eigenvalue weighted by Crippen LogP contribution is 2.30. The van der Waals surface area contributed by atoms with Crippen LogP contribution in [0.15, 0.2) is 88.8 Å². The molecule has 0 saturated carbocycles. The molecule has 11 heteroatoms. The molecule has 0 fully saturated rings. The van der Waals surface area contributed by atoms with Crippen molar-refractivity contribution in [2.45, 2.75) is 10.4 Å². The summed E-state index contributed by atoms with van der Waals surface area (Å²) in [5.41, 5.74) is -4.32. The van der Waals surface area contributed by atoms with Crippen molar-refractivity contribution in [3.63, 3.8) is 0 Å². The highest BCUT2D eigenvalue weighted by Gasteiger charge is 2.46. The topological polar surface area (TPSA) is 86.8 Å². The minimum absolute atomic E-state index is 0.0656. The van der Waals surface area contributed by atoms with Crippen LogP contribution in [-0.4, -0.2) is 33.5 Å². The van der Waals surface area contributed by atoms with Crippen LogP contribution in [0.2, 0.25) is 0 Å². The molecule has 2 aromatic carbocycles. The lowest BCUT2D eigenvalue weighted by Gasteiger charge is -2.11. The zero-order valence-electron chi connectivity index (χ0n) is 15.6. The van der Waals surface area contributed by atoms with Crippen LogP contribution in [0.1, 0.15) is 0 Å². The van der Waals surface area contributed by atoms with Crippen molar-refractivity contribution in [3.8, 4) is 22.8 Å². The molecule has 158 valence electrons. The monoisotopic (exact) mass is 446 g/mol. The van der Waals surface area contributed by atoms with Gasteiger partial charge in [-0.15, -0.1) is 0 Å². The molecular weight excluding hydrogens is 433 g/mol. The predicted molar refractivity (Wildman–Crippen MR) is 106 cm³/mol. The van der Waals surface area contributed by atoms with Gasteiger partial charge in [0.1, 0.15) is 0 Å². The Labute approximate surface area is 173 Å². The maximum atomic E-state index is 12.7. The number of sulfone groups is 1. The third kappa shape index (κ3) is 3.75. The van der Waals surface area contributed by atoms with Gasteiger partial charge in [0.05, 0.1) is 28.2 Å². The molecule has 0 aliphatic heterocycles. The fourth-order valence-corrected chi connectivity index (χ4v) is 3.66. The Morgan fingerprint density at radius 3 is 2.16 bits per heavy atom. The number of hydrogen-bond donors (Lipinski definition) is 0. The van der Waals surface area contributed by atoms with Crippen molar-refractivity contribution in [2.24, 2.45) is 0 Å². The van der Waals surface area contributed by atoms with Crippen LogP contribution in [0.5, 0.6) is 0 Å². The fraction of sp³-hybridized carbons (Fsp3) is 0.0500. The van der Waals surface area contributed by atoms with E-state index in [4.69, 9.17) is 0 Å². The maximum Gasteiger partial charge on any atom is 0.501 e. The second-order valence-electron chi connectivity index (χ2n) is 6.38. The van der Waals surface area contributed by atoms with E-state index in [2.05, 4.69) is 10.2 Å². The van der Waals surface area contributed by atoms with Crippen molar-refractivity contribution in [1.29, 1.82) is 0 Å². The standard InChI is InChI=1S/C20H13F3N4O3S/c21-20(22,23)31(29,30)16-8-6-14(7-9-16)26-13-11-18(28)19(25-26)17-10-12-24-27(17)15-4-2-1-3-5-15/h1-13H. The number of benzene rings is 2. The second-order valence-corrected chi connectivity index (χ2v) is 8.32. The van der Waals surface area contributed by atoms with Crippen LogP contribution < -0.4 is 5.43 Å². The van der Waals surface area contributed by atoms with Gasteiger partial charge in [-0.1, -0.05) is 18.2 Å². The van der Waals surface area contributed by atoms with Crippen LogP contribution in [0.4, 0.5) is 13.2 Å². The summed E-state index contributed by atoms with van der Waals surface area (Å²) >= 11 is 0. The molecular formula is C20H13F3N4O3S. The summed E-state index contributed by atoms with van der Waals surface area (Å²) < 4.78 is 64.0. The minimum atomic E-state index is -5.45. The van der Waals surface area contributed by atoms with Gasteiger partial charge in [0.2, 0.25) is 5.43 Å². The van der Waals surface area contributed by atoms with Gasteiger partial charge >= 0.3 is 5.51 Å². The van der Waals surface area contributed by atoms with Gasteiger partial charge in [-0.25, -0.2) is 17.8 Å². The second kappa shape index (κ2) is 7.51. The Bertz CT molecular complexity index is 1390. The van der Waals surface area contributed by atoms with E-state index in [0.29, 0.717) is 11.4 Å². The van der Waals surface area contributed by atoms with E-state index >= 15 is 0 Å². The molecule has 4 rings (SSSR count). The Hall–Kier alpha value is -3.73. The molecule has 0 unspecified atom stereocenters. The van der Waals surface area contributed by atoms with Crippen LogP contribution in [0.3, 0.4) is 0 Å². The lowest BCUT2D eigenvalue weighted by Crippen LogP contribution is -2.23. The van der Waals surface area contributed by atoms with Gasteiger partial charge < -0.3 is 0 Å². The Morgan fingerprint density at radius 1 is 0.839 bits per heavy atom. The summed E-state index contributed by atoms with van der Waals surface area (Å²) in [5.74, 6) is 0. The number of rotatable bonds is 4. The van der Waals surface area contributed by atoms with E-state index < -0.39 is 20.2 Å². The maximum absolute atomic E-state index is 12.7. The summed E-state index contributed by atoms with van der Waals surface area (Å²) in [4.78, 5) is 11.6. The molecule has 31 heavy (non-hydrogen) atoms. The molecule has 0 atom stereocenters. The van der Waals surface area contributed by atoms with E-state index in [1.807, 2.05) is 18.2 Å². The number of aromatic nitrogens is 4. The fourth-order valence-electron chi connectivity index (χ4n) is 2.90. The van der Waals surface area contributed by atoms with Gasteiger partial charge in [-0.2, -0.15) is 23.4 Å². The third-order valence-electron chi connectivity index (χ3n) is 4.41. The Morgan fingerprint density at radius 2 is 1.52 bits per heavy atom. The highest BCUT2D eigenvalue weighted by molar-refractivity contribution is 7.92. The van der Waals surface area contributed by atoms with E-state index in [1.165, 1.54) is 40.0 Å². The summed E-state index contributed by atoms with van der Waals surface area (Å²) in [6.45, 7) is 0. The van der Waals surface area contributed by atoms with Crippen molar-refractivity contribution < 1.29 is 21.6 Å². The molecule has 0 amide bonds. The first-order chi connectivity index (χ1) is 14.7. The molecule has 2 aromatic heterocycles. The van der Waals surface area contributed by atoms with Crippen LogP contribution >= 0.6 is 0 Å². The zero-order valence-corrected chi connectivity index (χ0v) is 16.4. The van der Waals surface area contributed by atoms with Crippen LogP contribution in [0, 0.1) is 0 Å². The number of alkyl halides is 3. The average Bonchev–Trinajstić information content (AvgIpc) is 3.24. The highest BCUT2D eigenvalue weighted by atomic mass is 32.2. The number of halogens is 3. The first-order valence-corrected chi connectivity index (χ1v) is 10.3. The SMILES string of the molecule is O=c1ccn(-c2ccc(S(=O)(=O)C(F)(F)F)cc2)nc1-c1ccnn1-c1ccccc1. The Balaban J connectivity index is 1.76. The summed E-state index contributed by atoms with van der Waals surface area (Å²) in [6, 6.07) is 16.0.